The Morgan fingerprint density at radius 3 is 2.67 bits per heavy atom. The molecule has 0 radical (unpaired) electrons. The van der Waals surface area contributed by atoms with Gasteiger partial charge in [0.05, 0.1) is 17.8 Å². The standard InChI is InChI=1S/C19H26O3.CH5N/c1-18-7-2-3-16(18)19(22)8-6-12-4-5-15(20)10-13(12)9-14(19)11-17(18)21;1-2/h2,7,9,11-12,15-17,20-22H,3-6,8,10H2,1H3;2H2,1H3/t12?,15?,16?,17?,18?,19-;/m1./s1. The van der Waals surface area contributed by atoms with Gasteiger partial charge in [-0.1, -0.05) is 30.7 Å². The lowest BCUT2D eigenvalue weighted by Gasteiger charge is -2.49. The zero-order valence-corrected chi connectivity index (χ0v) is 14.8. The summed E-state index contributed by atoms with van der Waals surface area (Å²) in [5.41, 5.74) is 5.46. The van der Waals surface area contributed by atoms with Crippen LogP contribution in [0, 0.1) is 17.3 Å². The highest BCUT2D eigenvalue weighted by molar-refractivity contribution is 5.43. The quantitative estimate of drug-likeness (QED) is 0.511. The third kappa shape index (κ3) is 2.60. The van der Waals surface area contributed by atoms with Gasteiger partial charge < -0.3 is 21.1 Å². The molecule has 6 atom stereocenters. The first-order chi connectivity index (χ1) is 11.4. The van der Waals surface area contributed by atoms with Crippen LogP contribution in [0.1, 0.15) is 45.4 Å². The summed E-state index contributed by atoms with van der Waals surface area (Å²) in [6.45, 7) is 2.06. The molecule has 1 saturated carbocycles. The second-order valence-electron chi connectivity index (χ2n) is 7.94. The Kier molecular flexibility index (Phi) is 4.77. The van der Waals surface area contributed by atoms with Gasteiger partial charge in [-0.3, -0.25) is 0 Å². The minimum Gasteiger partial charge on any atom is -0.393 e. The topological polar surface area (TPSA) is 86.7 Å². The summed E-state index contributed by atoms with van der Waals surface area (Å²) in [6.07, 6.45) is 12.5. The Morgan fingerprint density at radius 2 is 1.92 bits per heavy atom. The van der Waals surface area contributed by atoms with Gasteiger partial charge in [-0.15, -0.1) is 0 Å². The van der Waals surface area contributed by atoms with Gasteiger partial charge in [-0.05, 0) is 63.1 Å². The van der Waals surface area contributed by atoms with Crippen molar-refractivity contribution in [2.75, 3.05) is 7.05 Å². The van der Waals surface area contributed by atoms with Crippen molar-refractivity contribution in [3.63, 3.8) is 0 Å². The van der Waals surface area contributed by atoms with Crippen molar-refractivity contribution in [1.29, 1.82) is 0 Å². The molecule has 0 heterocycles. The Bertz CT molecular complexity index is 581. The van der Waals surface area contributed by atoms with E-state index < -0.39 is 11.7 Å². The van der Waals surface area contributed by atoms with Gasteiger partial charge in [-0.25, -0.2) is 0 Å². The van der Waals surface area contributed by atoms with Crippen LogP contribution in [0.25, 0.3) is 0 Å². The predicted octanol–water partition coefficient (Wildman–Crippen LogP) is 2.06. The fourth-order valence-corrected chi connectivity index (χ4v) is 5.25. The van der Waals surface area contributed by atoms with Crippen molar-refractivity contribution in [3.05, 3.63) is 35.5 Å². The molecular weight excluding hydrogens is 302 g/mol. The van der Waals surface area contributed by atoms with E-state index in [0.717, 1.165) is 37.7 Å². The first-order valence-electron chi connectivity index (χ1n) is 9.20. The van der Waals surface area contributed by atoms with Gasteiger partial charge in [0, 0.05) is 11.3 Å². The Labute approximate surface area is 144 Å². The molecule has 4 aliphatic carbocycles. The predicted molar refractivity (Wildman–Crippen MR) is 95.2 cm³/mol. The van der Waals surface area contributed by atoms with Crippen molar-refractivity contribution in [3.8, 4) is 0 Å². The first kappa shape index (κ1) is 17.9. The lowest BCUT2D eigenvalue weighted by atomic mass is 9.60. The average Bonchev–Trinajstić information content (AvgIpc) is 2.92. The van der Waals surface area contributed by atoms with Crippen molar-refractivity contribution in [2.45, 2.75) is 63.3 Å². The van der Waals surface area contributed by atoms with Crippen LogP contribution in [0.4, 0.5) is 0 Å². The Morgan fingerprint density at radius 1 is 1.17 bits per heavy atom. The van der Waals surface area contributed by atoms with Gasteiger partial charge in [0.25, 0.3) is 0 Å². The molecule has 4 heteroatoms. The number of aliphatic hydroxyl groups excluding tert-OH is 2. The maximum absolute atomic E-state index is 11.5. The summed E-state index contributed by atoms with van der Waals surface area (Å²) in [5.74, 6) is 0.536. The number of fused-ring (bicyclic) bond motifs is 4. The summed E-state index contributed by atoms with van der Waals surface area (Å²) in [6, 6.07) is 0. The second kappa shape index (κ2) is 6.41. The molecule has 5 unspecified atom stereocenters. The average molecular weight is 333 g/mol. The zero-order valence-electron chi connectivity index (χ0n) is 14.8. The molecule has 24 heavy (non-hydrogen) atoms. The van der Waals surface area contributed by atoms with Crippen molar-refractivity contribution in [2.24, 2.45) is 23.0 Å². The smallest absolute Gasteiger partial charge is 0.0934 e. The molecule has 4 rings (SSSR count). The fraction of sp³-hybridized carbons (Fsp3) is 0.700. The van der Waals surface area contributed by atoms with Crippen molar-refractivity contribution < 1.29 is 15.3 Å². The van der Waals surface area contributed by atoms with E-state index in [4.69, 9.17) is 0 Å². The van der Waals surface area contributed by atoms with Crippen LogP contribution in [0.15, 0.2) is 35.5 Å². The molecule has 0 aliphatic heterocycles. The largest absolute Gasteiger partial charge is 0.393 e. The number of hydrogen-bond acceptors (Lipinski definition) is 4. The van der Waals surface area contributed by atoms with E-state index in [1.54, 1.807) is 0 Å². The molecule has 5 N–H and O–H groups in total. The number of nitrogens with two attached hydrogens (primary N) is 1. The van der Waals surface area contributed by atoms with Gasteiger partial charge in [0.2, 0.25) is 0 Å². The SMILES string of the molecule is CC12C=CCC1[C@@]1(O)CCC3CCC(O)CC3=CC1=CC2O.CN. The van der Waals surface area contributed by atoms with Crippen LogP contribution < -0.4 is 5.73 Å². The zero-order chi connectivity index (χ0) is 17.5. The normalized spacial score (nSPS) is 46.4. The third-order valence-electron chi connectivity index (χ3n) is 6.71. The van der Waals surface area contributed by atoms with E-state index in [9.17, 15) is 15.3 Å². The second-order valence-corrected chi connectivity index (χ2v) is 7.94. The number of aliphatic hydroxyl groups is 3. The van der Waals surface area contributed by atoms with Crippen LogP contribution in [-0.2, 0) is 0 Å². The van der Waals surface area contributed by atoms with E-state index in [2.05, 4.69) is 30.9 Å². The summed E-state index contributed by atoms with van der Waals surface area (Å²) < 4.78 is 0. The van der Waals surface area contributed by atoms with Crippen LogP contribution >= 0.6 is 0 Å². The minimum atomic E-state index is -0.841. The van der Waals surface area contributed by atoms with Gasteiger partial charge in [0.1, 0.15) is 0 Å². The molecule has 0 saturated heterocycles. The van der Waals surface area contributed by atoms with Gasteiger partial charge in [-0.2, -0.15) is 0 Å². The summed E-state index contributed by atoms with van der Waals surface area (Å²) in [7, 11) is 1.50. The van der Waals surface area contributed by atoms with E-state index in [-0.39, 0.29) is 17.4 Å². The highest BCUT2D eigenvalue weighted by Gasteiger charge is 2.56. The number of rotatable bonds is 0. The highest BCUT2D eigenvalue weighted by atomic mass is 16.3. The molecule has 0 aromatic heterocycles. The van der Waals surface area contributed by atoms with E-state index in [1.807, 2.05) is 6.08 Å². The highest BCUT2D eigenvalue weighted by Crippen LogP contribution is 2.56. The monoisotopic (exact) mass is 333 g/mol. The van der Waals surface area contributed by atoms with Crippen molar-refractivity contribution >= 4 is 0 Å². The van der Waals surface area contributed by atoms with E-state index in [0.29, 0.717) is 12.3 Å². The van der Waals surface area contributed by atoms with E-state index >= 15 is 0 Å². The molecule has 0 amide bonds. The maximum Gasteiger partial charge on any atom is 0.0934 e. The van der Waals surface area contributed by atoms with Crippen LogP contribution in [0.5, 0.6) is 0 Å². The molecule has 0 bridgehead atoms. The molecule has 0 spiro atoms. The molecule has 4 nitrogen and oxygen atoms in total. The Balaban J connectivity index is 0.000000815. The Hall–Kier alpha value is -0.940. The van der Waals surface area contributed by atoms with Crippen LogP contribution in [-0.4, -0.2) is 40.2 Å². The number of hydrogen-bond donors (Lipinski definition) is 4. The molecule has 1 fully saturated rings. The van der Waals surface area contributed by atoms with Crippen molar-refractivity contribution in [1.82, 2.24) is 0 Å². The maximum atomic E-state index is 11.5. The molecule has 0 aromatic rings. The van der Waals surface area contributed by atoms with Gasteiger partial charge in [0.15, 0.2) is 0 Å². The van der Waals surface area contributed by atoms with Crippen LogP contribution in [0.3, 0.4) is 0 Å². The van der Waals surface area contributed by atoms with E-state index in [1.165, 1.54) is 12.6 Å². The lowest BCUT2D eigenvalue weighted by Crippen LogP contribution is -2.53. The first-order valence-corrected chi connectivity index (χ1v) is 9.20. The number of allylic oxidation sites excluding steroid dienone is 1. The molecule has 134 valence electrons. The minimum absolute atomic E-state index is 0.0527. The lowest BCUT2D eigenvalue weighted by molar-refractivity contribution is -0.0718. The van der Waals surface area contributed by atoms with Gasteiger partial charge >= 0.3 is 0 Å². The molecule has 4 aliphatic rings. The fourth-order valence-electron chi connectivity index (χ4n) is 5.25. The third-order valence-corrected chi connectivity index (χ3v) is 6.71. The summed E-state index contributed by atoms with van der Waals surface area (Å²) in [5, 5.41) is 32.1. The molecule has 0 aromatic carbocycles. The summed E-state index contributed by atoms with van der Waals surface area (Å²) >= 11 is 0. The molecular formula is C20H31NO3. The summed E-state index contributed by atoms with van der Waals surface area (Å²) in [4.78, 5) is 0. The van der Waals surface area contributed by atoms with Crippen LogP contribution in [0.2, 0.25) is 0 Å².